The summed E-state index contributed by atoms with van der Waals surface area (Å²) in [5, 5.41) is 10.6. The zero-order valence-corrected chi connectivity index (χ0v) is 9.65. The second kappa shape index (κ2) is 5.48. The van der Waals surface area contributed by atoms with Crippen molar-refractivity contribution >= 4 is 11.7 Å². The van der Waals surface area contributed by atoms with Crippen molar-refractivity contribution in [1.29, 1.82) is 0 Å². The van der Waals surface area contributed by atoms with Gasteiger partial charge >= 0.3 is 5.97 Å². The van der Waals surface area contributed by atoms with Crippen LogP contribution >= 0.6 is 0 Å². The zero-order chi connectivity index (χ0) is 13.9. The van der Waals surface area contributed by atoms with E-state index in [1.165, 1.54) is 6.92 Å². The molecule has 1 heterocycles. The van der Waals surface area contributed by atoms with Crippen molar-refractivity contribution in [3.8, 4) is 0 Å². The summed E-state index contributed by atoms with van der Waals surface area (Å²) in [6.45, 7) is 2.78. The lowest BCUT2D eigenvalue weighted by Gasteiger charge is -2.09. The fraction of sp³-hybridized carbons (Fsp3) is 0.400. The number of carbonyl (C=O) groups is 1. The first-order valence-electron chi connectivity index (χ1n) is 4.99. The molecular formula is C10H10F2N2O4. The normalized spacial score (nSPS) is 10.5. The SMILES string of the molecule is CCOC(=O)c1ncc([N+](=O)[O-])c(C(F)F)c1C. The van der Waals surface area contributed by atoms with Gasteiger partial charge < -0.3 is 4.74 Å². The van der Waals surface area contributed by atoms with Crippen molar-refractivity contribution in [3.05, 3.63) is 33.1 Å². The molecule has 0 amide bonds. The monoisotopic (exact) mass is 260 g/mol. The number of halogens is 2. The molecule has 1 aromatic rings. The molecule has 1 rings (SSSR count). The minimum Gasteiger partial charge on any atom is -0.461 e. The Hall–Kier alpha value is -2.12. The van der Waals surface area contributed by atoms with Crippen LogP contribution in [0.3, 0.4) is 0 Å². The van der Waals surface area contributed by atoms with Gasteiger partial charge in [-0.15, -0.1) is 0 Å². The van der Waals surface area contributed by atoms with Gasteiger partial charge in [0.1, 0.15) is 11.8 Å². The molecule has 0 spiro atoms. The van der Waals surface area contributed by atoms with Gasteiger partial charge in [0.25, 0.3) is 12.1 Å². The van der Waals surface area contributed by atoms with E-state index < -0.39 is 28.6 Å². The van der Waals surface area contributed by atoms with Gasteiger partial charge in [0.15, 0.2) is 5.69 Å². The van der Waals surface area contributed by atoms with Crippen LogP contribution in [-0.4, -0.2) is 22.5 Å². The summed E-state index contributed by atoms with van der Waals surface area (Å²) in [5.74, 6) is -0.883. The lowest BCUT2D eigenvalue weighted by molar-refractivity contribution is -0.386. The van der Waals surface area contributed by atoms with E-state index in [2.05, 4.69) is 9.72 Å². The Morgan fingerprint density at radius 1 is 1.61 bits per heavy atom. The van der Waals surface area contributed by atoms with Crippen LogP contribution < -0.4 is 0 Å². The maximum Gasteiger partial charge on any atom is 0.357 e. The zero-order valence-electron chi connectivity index (χ0n) is 9.65. The summed E-state index contributed by atoms with van der Waals surface area (Å²) in [7, 11) is 0. The van der Waals surface area contributed by atoms with Crippen LogP contribution in [0, 0.1) is 17.0 Å². The van der Waals surface area contributed by atoms with E-state index in [1.54, 1.807) is 6.92 Å². The Balaban J connectivity index is 3.39. The summed E-state index contributed by atoms with van der Waals surface area (Å²) in [6, 6.07) is 0. The third kappa shape index (κ3) is 2.58. The summed E-state index contributed by atoms with van der Waals surface area (Å²) in [5.41, 5.74) is -2.19. The molecule has 0 aliphatic rings. The van der Waals surface area contributed by atoms with Crippen LogP contribution in [0.2, 0.25) is 0 Å². The highest BCUT2D eigenvalue weighted by molar-refractivity contribution is 5.89. The van der Waals surface area contributed by atoms with Gasteiger partial charge in [0.2, 0.25) is 0 Å². The van der Waals surface area contributed by atoms with E-state index in [4.69, 9.17) is 0 Å². The van der Waals surface area contributed by atoms with Crippen molar-refractivity contribution < 1.29 is 23.2 Å². The quantitative estimate of drug-likeness (QED) is 0.471. The summed E-state index contributed by atoms with van der Waals surface area (Å²) in [4.78, 5) is 24.6. The lowest BCUT2D eigenvalue weighted by Crippen LogP contribution is -2.12. The number of nitro groups is 1. The number of alkyl halides is 2. The average Bonchev–Trinajstić information content (AvgIpc) is 2.27. The van der Waals surface area contributed by atoms with Crippen LogP contribution in [0.15, 0.2) is 6.20 Å². The van der Waals surface area contributed by atoms with Crippen molar-refractivity contribution in [2.24, 2.45) is 0 Å². The molecule has 0 atom stereocenters. The Morgan fingerprint density at radius 3 is 2.67 bits per heavy atom. The van der Waals surface area contributed by atoms with Crippen LogP contribution in [0.4, 0.5) is 14.5 Å². The third-order valence-corrected chi connectivity index (χ3v) is 2.23. The first-order chi connectivity index (χ1) is 8.40. The number of pyridine rings is 1. The number of nitrogens with zero attached hydrogens (tertiary/aromatic N) is 2. The Bertz CT molecular complexity index is 491. The van der Waals surface area contributed by atoms with Crippen molar-refractivity contribution in [2.45, 2.75) is 20.3 Å². The molecule has 0 aliphatic carbocycles. The summed E-state index contributed by atoms with van der Waals surface area (Å²) in [6.07, 6.45) is -2.43. The predicted octanol–water partition coefficient (Wildman–Crippen LogP) is 2.41. The fourth-order valence-electron chi connectivity index (χ4n) is 1.44. The van der Waals surface area contributed by atoms with Gasteiger partial charge in [-0.3, -0.25) is 10.1 Å². The number of rotatable bonds is 4. The van der Waals surface area contributed by atoms with Crippen molar-refractivity contribution in [3.63, 3.8) is 0 Å². The first-order valence-corrected chi connectivity index (χ1v) is 4.99. The van der Waals surface area contributed by atoms with Crippen LogP contribution in [0.1, 0.15) is 35.0 Å². The Kier molecular flexibility index (Phi) is 4.24. The highest BCUT2D eigenvalue weighted by Gasteiger charge is 2.28. The van der Waals surface area contributed by atoms with E-state index in [0.717, 1.165) is 0 Å². The van der Waals surface area contributed by atoms with Gasteiger partial charge in [-0.1, -0.05) is 0 Å². The van der Waals surface area contributed by atoms with Crippen molar-refractivity contribution in [1.82, 2.24) is 4.98 Å². The number of ether oxygens (including phenoxy) is 1. The van der Waals surface area contributed by atoms with Crippen LogP contribution in [0.5, 0.6) is 0 Å². The molecule has 0 bridgehead atoms. The van der Waals surface area contributed by atoms with Gasteiger partial charge in [0.05, 0.1) is 11.5 Å². The second-order valence-corrected chi connectivity index (χ2v) is 3.31. The molecule has 1 aromatic heterocycles. The molecule has 0 aliphatic heterocycles. The molecule has 0 radical (unpaired) electrons. The van der Waals surface area contributed by atoms with Crippen molar-refractivity contribution in [2.75, 3.05) is 6.61 Å². The minimum absolute atomic E-state index is 0.0565. The summed E-state index contributed by atoms with van der Waals surface area (Å²) >= 11 is 0. The van der Waals surface area contributed by atoms with E-state index in [9.17, 15) is 23.7 Å². The molecule has 0 saturated carbocycles. The van der Waals surface area contributed by atoms with E-state index >= 15 is 0 Å². The molecule has 98 valence electrons. The third-order valence-electron chi connectivity index (χ3n) is 2.23. The molecule has 6 nitrogen and oxygen atoms in total. The van der Waals surface area contributed by atoms with Gasteiger partial charge in [-0.2, -0.15) is 0 Å². The molecule has 0 fully saturated rings. The van der Waals surface area contributed by atoms with Gasteiger partial charge in [-0.05, 0) is 19.4 Å². The maximum atomic E-state index is 12.8. The summed E-state index contributed by atoms with van der Waals surface area (Å²) < 4.78 is 30.2. The van der Waals surface area contributed by atoms with E-state index in [0.29, 0.717) is 6.20 Å². The average molecular weight is 260 g/mol. The molecular weight excluding hydrogens is 250 g/mol. The molecule has 0 aromatic carbocycles. The second-order valence-electron chi connectivity index (χ2n) is 3.31. The highest BCUT2D eigenvalue weighted by atomic mass is 19.3. The number of esters is 1. The topological polar surface area (TPSA) is 82.3 Å². The molecule has 8 heteroatoms. The van der Waals surface area contributed by atoms with Gasteiger partial charge in [-0.25, -0.2) is 18.6 Å². The number of hydrogen-bond acceptors (Lipinski definition) is 5. The van der Waals surface area contributed by atoms with Crippen LogP contribution in [-0.2, 0) is 4.74 Å². The number of hydrogen-bond donors (Lipinski definition) is 0. The van der Waals surface area contributed by atoms with E-state index in [1.807, 2.05) is 0 Å². The predicted molar refractivity (Wildman–Crippen MR) is 56.5 cm³/mol. The highest BCUT2D eigenvalue weighted by Crippen LogP contribution is 2.32. The maximum absolute atomic E-state index is 12.8. The molecule has 0 N–H and O–H groups in total. The lowest BCUT2D eigenvalue weighted by atomic mass is 10.1. The minimum atomic E-state index is -3.07. The largest absolute Gasteiger partial charge is 0.461 e. The Labute approximate surface area is 101 Å². The first kappa shape index (κ1) is 13.9. The fourth-order valence-corrected chi connectivity index (χ4v) is 1.44. The molecule has 0 unspecified atom stereocenters. The number of carbonyl (C=O) groups excluding carboxylic acids is 1. The Morgan fingerprint density at radius 2 is 2.22 bits per heavy atom. The molecule has 0 saturated heterocycles. The van der Waals surface area contributed by atoms with Crippen LogP contribution in [0.25, 0.3) is 0 Å². The van der Waals surface area contributed by atoms with E-state index in [-0.39, 0.29) is 17.9 Å². The number of aromatic nitrogens is 1. The molecule has 18 heavy (non-hydrogen) atoms. The smallest absolute Gasteiger partial charge is 0.357 e. The standard InChI is InChI=1S/C10H10F2N2O4/c1-3-18-10(15)8-5(2)7(9(11)12)6(4-13-8)14(16)17/h4,9H,3H2,1-2H3. The van der Waals surface area contributed by atoms with Gasteiger partial charge in [0, 0.05) is 0 Å².